The topological polar surface area (TPSA) is 68.6 Å². The number of hydrogen-bond donors (Lipinski definition) is 1. The smallest absolute Gasteiger partial charge is 0.244 e. The lowest BCUT2D eigenvalue weighted by Crippen LogP contribution is -2.51. The summed E-state index contributed by atoms with van der Waals surface area (Å²) in [6, 6.07) is 0. The highest BCUT2D eigenvalue weighted by atomic mass is 16.5. The van der Waals surface area contributed by atoms with E-state index in [2.05, 4.69) is 10.4 Å². The van der Waals surface area contributed by atoms with Gasteiger partial charge in [0, 0.05) is 19.3 Å². The molecule has 7 nitrogen and oxygen atoms in total. The van der Waals surface area contributed by atoms with Crippen molar-refractivity contribution < 1.29 is 14.3 Å². The second-order valence-electron chi connectivity index (χ2n) is 6.94. The molecular weight excluding hydrogens is 308 g/mol. The Morgan fingerprint density at radius 2 is 2.38 bits per heavy atom. The standard InChI is InChI=1S/C17H26N4O3/c1-17(2)13-20(6-8-24-17)16(22)12-21-11-14(9-19-21)18-10-15-5-3-4-7-23-15/h4,7,9,11,15,18H,3,5-6,8,10,12-13H2,1-2H3. The van der Waals surface area contributed by atoms with Crippen molar-refractivity contribution in [3.05, 3.63) is 24.7 Å². The van der Waals surface area contributed by atoms with Crippen LogP contribution >= 0.6 is 0 Å². The van der Waals surface area contributed by atoms with Crippen LogP contribution in [0.3, 0.4) is 0 Å². The molecule has 2 aliphatic heterocycles. The Balaban J connectivity index is 1.48. The Kier molecular flexibility index (Phi) is 5.08. The highest BCUT2D eigenvalue weighted by molar-refractivity contribution is 5.76. The van der Waals surface area contributed by atoms with Gasteiger partial charge in [-0.05, 0) is 32.8 Å². The number of ether oxygens (including phenoxy) is 2. The zero-order valence-electron chi connectivity index (χ0n) is 14.4. The van der Waals surface area contributed by atoms with Gasteiger partial charge in [0.2, 0.25) is 5.91 Å². The van der Waals surface area contributed by atoms with Crippen LogP contribution in [-0.4, -0.2) is 58.5 Å². The zero-order valence-corrected chi connectivity index (χ0v) is 14.4. The van der Waals surface area contributed by atoms with Crippen molar-refractivity contribution in [2.24, 2.45) is 0 Å². The second-order valence-corrected chi connectivity index (χ2v) is 6.94. The number of aromatic nitrogens is 2. The minimum absolute atomic E-state index is 0.0711. The van der Waals surface area contributed by atoms with Crippen LogP contribution in [0, 0.1) is 0 Å². The van der Waals surface area contributed by atoms with Crippen molar-refractivity contribution in [1.29, 1.82) is 0 Å². The third-order valence-corrected chi connectivity index (χ3v) is 4.27. The molecule has 1 aromatic rings. The Labute approximate surface area is 142 Å². The quantitative estimate of drug-likeness (QED) is 0.886. The fourth-order valence-corrected chi connectivity index (χ4v) is 2.98. The second kappa shape index (κ2) is 7.25. The van der Waals surface area contributed by atoms with Gasteiger partial charge in [-0.3, -0.25) is 9.48 Å². The van der Waals surface area contributed by atoms with Crippen molar-refractivity contribution in [2.45, 2.75) is 44.9 Å². The normalized spacial score (nSPS) is 22.9. The Morgan fingerprint density at radius 1 is 1.50 bits per heavy atom. The molecular formula is C17H26N4O3. The Hall–Kier alpha value is -2.02. The maximum absolute atomic E-state index is 12.4. The number of anilines is 1. The Bertz CT molecular complexity index is 596. The Morgan fingerprint density at radius 3 is 3.12 bits per heavy atom. The van der Waals surface area contributed by atoms with Crippen LogP contribution in [-0.2, 0) is 20.8 Å². The van der Waals surface area contributed by atoms with Crippen LogP contribution in [0.1, 0.15) is 26.7 Å². The lowest BCUT2D eigenvalue weighted by atomic mass is 10.1. The zero-order chi connectivity index (χ0) is 17.0. The van der Waals surface area contributed by atoms with Crippen molar-refractivity contribution in [3.63, 3.8) is 0 Å². The molecule has 0 aromatic carbocycles. The van der Waals surface area contributed by atoms with Gasteiger partial charge in [0.1, 0.15) is 12.6 Å². The first kappa shape index (κ1) is 16.8. The van der Waals surface area contributed by atoms with Crippen LogP contribution in [0.5, 0.6) is 0 Å². The van der Waals surface area contributed by atoms with Crippen LogP contribution < -0.4 is 5.32 Å². The van der Waals surface area contributed by atoms with E-state index < -0.39 is 0 Å². The number of morpholine rings is 1. The van der Waals surface area contributed by atoms with Gasteiger partial charge in [0.05, 0.1) is 36.9 Å². The summed E-state index contributed by atoms with van der Waals surface area (Å²) in [4.78, 5) is 14.3. The molecule has 1 atom stereocenters. The van der Waals surface area contributed by atoms with Crippen LogP contribution in [0.25, 0.3) is 0 Å². The van der Waals surface area contributed by atoms with E-state index in [-0.39, 0.29) is 24.2 Å². The summed E-state index contributed by atoms with van der Waals surface area (Å²) in [5, 5.41) is 7.59. The minimum atomic E-state index is -0.279. The van der Waals surface area contributed by atoms with E-state index in [1.165, 1.54) is 0 Å². The highest BCUT2D eigenvalue weighted by Gasteiger charge is 2.29. The van der Waals surface area contributed by atoms with Crippen molar-refractivity contribution in [2.75, 3.05) is 31.6 Å². The van der Waals surface area contributed by atoms with Crippen LogP contribution in [0.15, 0.2) is 24.7 Å². The molecule has 0 aliphatic carbocycles. The van der Waals surface area contributed by atoms with E-state index in [0.29, 0.717) is 19.7 Å². The van der Waals surface area contributed by atoms with Gasteiger partial charge in [0.15, 0.2) is 0 Å². The minimum Gasteiger partial charge on any atom is -0.497 e. The van der Waals surface area contributed by atoms with Gasteiger partial charge in [-0.1, -0.05) is 0 Å². The number of rotatable bonds is 5. The maximum atomic E-state index is 12.4. The third kappa shape index (κ3) is 4.50. The number of nitrogens with one attached hydrogen (secondary N) is 1. The van der Waals surface area contributed by atoms with E-state index in [9.17, 15) is 4.79 Å². The van der Waals surface area contributed by atoms with Gasteiger partial charge in [-0.2, -0.15) is 5.10 Å². The molecule has 1 aromatic heterocycles. The molecule has 24 heavy (non-hydrogen) atoms. The van der Waals surface area contributed by atoms with Crippen molar-refractivity contribution in [1.82, 2.24) is 14.7 Å². The first-order chi connectivity index (χ1) is 11.5. The number of carbonyl (C=O) groups excluding carboxylic acids is 1. The molecule has 3 heterocycles. The number of carbonyl (C=O) groups is 1. The van der Waals surface area contributed by atoms with Gasteiger partial charge in [-0.25, -0.2) is 0 Å². The average Bonchev–Trinajstić information content (AvgIpc) is 3.00. The molecule has 1 amide bonds. The molecule has 1 fully saturated rings. The summed E-state index contributed by atoms with van der Waals surface area (Å²) >= 11 is 0. The van der Waals surface area contributed by atoms with E-state index in [1.54, 1.807) is 17.1 Å². The van der Waals surface area contributed by atoms with Gasteiger partial charge >= 0.3 is 0 Å². The summed E-state index contributed by atoms with van der Waals surface area (Å²) < 4.78 is 12.8. The first-order valence-corrected chi connectivity index (χ1v) is 8.50. The number of amides is 1. The molecule has 1 unspecified atom stereocenters. The summed E-state index contributed by atoms with van der Waals surface area (Å²) in [7, 11) is 0. The summed E-state index contributed by atoms with van der Waals surface area (Å²) in [5.74, 6) is 0.0711. The molecule has 1 N–H and O–H groups in total. The summed E-state index contributed by atoms with van der Waals surface area (Å²) in [6.07, 6.45) is 9.67. The lowest BCUT2D eigenvalue weighted by molar-refractivity contribution is -0.146. The lowest BCUT2D eigenvalue weighted by Gasteiger charge is -2.38. The maximum Gasteiger partial charge on any atom is 0.244 e. The first-order valence-electron chi connectivity index (χ1n) is 8.50. The monoisotopic (exact) mass is 334 g/mol. The highest BCUT2D eigenvalue weighted by Crippen LogP contribution is 2.17. The number of allylic oxidation sites excluding steroid dienone is 1. The SMILES string of the molecule is CC1(C)CN(C(=O)Cn2cc(NCC3CCC=CO3)cn2)CCO1. The predicted molar refractivity (Wildman–Crippen MR) is 90.6 cm³/mol. The van der Waals surface area contributed by atoms with Gasteiger partial charge < -0.3 is 19.7 Å². The molecule has 0 spiro atoms. The molecule has 2 aliphatic rings. The van der Waals surface area contributed by atoms with Crippen LogP contribution in [0.4, 0.5) is 5.69 Å². The summed E-state index contributed by atoms with van der Waals surface area (Å²) in [6.45, 7) is 6.84. The number of nitrogens with zero attached hydrogens (tertiary/aromatic N) is 3. The van der Waals surface area contributed by atoms with Crippen LogP contribution in [0.2, 0.25) is 0 Å². The van der Waals surface area contributed by atoms with E-state index >= 15 is 0 Å². The predicted octanol–water partition coefficient (Wildman–Crippen LogP) is 1.63. The van der Waals surface area contributed by atoms with E-state index in [0.717, 1.165) is 25.1 Å². The van der Waals surface area contributed by atoms with Gasteiger partial charge in [-0.15, -0.1) is 0 Å². The molecule has 0 radical (unpaired) electrons. The van der Waals surface area contributed by atoms with Gasteiger partial charge in [0.25, 0.3) is 0 Å². The molecule has 132 valence electrons. The largest absolute Gasteiger partial charge is 0.497 e. The molecule has 0 bridgehead atoms. The average molecular weight is 334 g/mol. The fraction of sp³-hybridized carbons (Fsp3) is 0.647. The third-order valence-electron chi connectivity index (χ3n) is 4.27. The summed E-state index contributed by atoms with van der Waals surface area (Å²) in [5.41, 5.74) is 0.627. The fourth-order valence-electron chi connectivity index (χ4n) is 2.98. The van der Waals surface area contributed by atoms with E-state index in [4.69, 9.17) is 9.47 Å². The molecule has 7 heteroatoms. The number of hydrogen-bond acceptors (Lipinski definition) is 5. The van der Waals surface area contributed by atoms with Crippen molar-refractivity contribution in [3.8, 4) is 0 Å². The molecule has 0 saturated carbocycles. The molecule has 3 rings (SSSR count). The van der Waals surface area contributed by atoms with E-state index in [1.807, 2.05) is 31.0 Å². The molecule has 1 saturated heterocycles. The van der Waals surface area contributed by atoms with Crippen molar-refractivity contribution >= 4 is 11.6 Å².